The highest BCUT2D eigenvalue weighted by molar-refractivity contribution is 5.94. The Balaban J connectivity index is 2.51. The van der Waals surface area contributed by atoms with Gasteiger partial charge in [0.25, 0.3) is 0 Å². The van der Waals surface area contributed by atoms with E-state index in [1.165, 1.54) is 19.1 Å². The molecule has 96 valence electrons. The van der Waals surface area contributed by atoms with Crippen LogP contribution in [0.2, 0.25) is 0 Å². The SMILES string of the molecule is CC(=O)c1ccccc(Nc2ccccc2O)c1=O. The van der Waals surface area contributed by atoms with Gasteiger partial charge < -0.3 is 10.4 Å². The summed E-state index contributed by atoms with van der Waals surface area (Å²) in [7, 11) is 0. The average Bonchev–Trinajstić information content (AvgIpc) is 2.55. The van der Waals surface area contributed by atoms with Gasteiger partial charge in [-0.15, -0.1) is 0 Å². The van der Waals surface area contributed by atoms with Gasteiger partial charge in [0.2, 0.25) is 5.43 Å². The summed E-state index contributed by atoms with van der Waals surface area (Å²) in [6.45, 7) is 1.35. The van der Waals surface area contributed by atoms with Crippen molar-refractivity contribution in [2.45, 2.75) is 6.92 Å². The molecule has 0 unspecified atom stereocenters. The van der Waals surface area contributed by atoms with Crippen LogP contribution in [-0.4, -0.2) is 10.9 Å². The molecule has 0 spiro atoms. The number of hydrogen-bond acceptors (Lipinski definition) is 4. The van der Waals surface area contributed by atoms with E-state index in [0.717, 1.165) is 0 Å². The largest absolute Gasteiger partial charge is 0.506 e. The van der Waals surface area contributed by atoms with Crippen LogP contribution in [0.4, 0.5) is 11.4 Å². The number of hydrogen-bond donors (Lipinski definition) is 2. The minimum absolute atomic E-state index is 0.0396. The molecule has 0 saturated heterocycles. The molecule has 0 amide bonds. The van der Waals surface area contributed by atoms with Gasteiger partial charge in [0.1, 0.15) is 5.75 Å². The molecule has 0 saturated carbocycles. The van der Waals surface area contributed by atoms with Crippen LogP contribution in [-0.2, 0) is 0 Å². The average molecular weight is 255 g/mol. The molecule has 0 aliphatic rings. The maximum Gasteiger partial charge on any atom is 0.212 e. The molecular formula is C15H13NO3. The molecule has 0 radical (unpaired) electrons. The zero-order valence-corrected chi connectivity index (χ0v) is 10.4. The zero-order valence-electron chi connectivity index (χ0n) is 10.4. The number of ketones is 1. The summed E-state index contributed by atoms with van der Waals surface area (Å²) in [5, 5.41) is 12.5. The van der Waals surface area contributed by atoms with E-state index in [1.54, 1.807) is 36.4 Å². The standard InChI is InChI=1S/C15H13NO3/c1-10(17)11-6-2-3-8-13(15(11)19)16-12-7-4-5-9-14(12)18/h2-9,18H,1H3,(H,16,19). The molecule has 4 heteroatoms. The second kappa shape index (κ2) is 5.35. The van der Waals surface area contributed by atoms with Crippen molar-refractivity contribution >= 4 is 17.2 Å². The Morgan fingerprint density at radius 2 is 1.58 bits per heavy atom. The van der Waals surface area contributed by atoms with Gasteiger partial charge in [0.15, 0.2) is 5.78 Å². The van der Waals surface area contributed by atoms with Crippen LogP contribution in [0.15, 0.2) is 53.3 Å². The van der Waals surface area contributed by atoms with E-state index >= 15 is 0 Å². The number of Topliss-reactive ketones (excluding diaryl/α,β-unsaturated/α-hetero) is 1. The second-order valence-electron chi connectivity index (χ2n) is 4.07. The highest BCUT2D eigenvalue weighted by Gasteiger charge is 2.08. The van der Waals surface area contributed by atoms with Crippen LogP contribution in [0.3, 0.4) is 0 Å². The number of nitrogens with one attached hydrogen (secondary N) is 1. The third-order valence-corrected chi connectivity index (χ3v) is 2.68. The molecule has 0 heterocycles. The number of anilines is 2. The molecule has 4 nitrogen and oxygen atoms in total. The molecule has 2 N–H and O–H groups in total. The predicted octanol–water partition coefficient (Wildman–Crippen LogP) is 2.70. The maximum absolute atomic E-state index is 12.2. The lowest BCUT2D eigenvalue weighted by Crippen LogP contribution is -2.13. The molecule has 0 atom stereocenters. The van der Waals surface area contributed by atoms with Crippen LogP contribution < -0.4 is 10.7 Å². The number of benzene rings is 1. The fourth-order valence-electron chi connectivity index (χ4n) is 1.70. The fourth-order valence-corrected chi connectivity index (χ4v) is 1.70. The van der Waals surface area contributed by atoms with E-state index in [9.17, 15) is 14.7 Å². The zero-order chi connectivity index (χ0) is 13.8. The Kier molecular flexibility index (Phi) is 3.61. The van der Waals surface area contributed by atoms with Crippen LogP contribution in [0.25, 0.3) is 0 Å². The Morgan fingerprint density at radius 3 is 2.21 bits per heavy atom. The molecule has 0 aromatic heterocycles. The number of carbonyl (C=O) groups excluding carboxylic acids is 1. The van der Waals surface area contributed by atoms with E-state index in [4.69, 9.17) is 0 Å². The second-order valence-corrected chi connectivity index (χ2v) is 4.07. The maximum atomic E-state index is 12.2. The first kappa shape index (κ1) is 12.8. The number of aromatic hydroxyl groups is 1. The van der Waals surface area contributed by atoms with Crippen molar-refractivity contribution < 1.29 is 9.90 Å². The van der Waals surface area contributed by atoms with Crippen molar-refractivity contribution in [3.8, 4) is 5.75 Å². The van der Waals surface area contributed by atoms with E-state index in [1.807, 2.05) is 0 Å². The van der Waals surface area contributed by atoms with E-state index in [-0.39, 0.29) is 28.2 Å². The molecular weight excluding hydrogens is 242 g/mol. The summed E-state index contributed by atoms with van der Waals surface area (Å²) < 4.78 is 0. The molecule has 0 aliphatic heterocycles. The summed E-state index contributed by atoms with van der Waals surface area (Å²) in [5.74, 6) is -0.251. The molecule has 2 aromatic carbocycles. The van der Waals surface area contributed by atoms with Crippen molar-refractivity contribution in [3.05, 3.63) is 64.3 Å². The minimum Gasteiger partial charge on any atom is -0.506 e. The number of carbonyl (C=O) groups is 1. The van der Waals surface area contributed by atoms with E-state index in [0.29, 0.717) is 5.69 Å². The Morgan fingerprint density at radius 1 is 1.00 bits per heavy atom. The van der Waals surface area contributed by atoms with Gasteiger partial charge in [-0.05, 0) is 31.2 Å². The Bertz CT molecular complexity index is 680. The highest BCUT2D eigenvalue weighted by Crippen LogP contribution is 2.24. The summed E-state index contributed by atoms with van der Waals surface area (Å²) in [6.07, 6.45) is 0. The van der Waals surface area contributed by atoms with Gasteiger partial charge in [-0.25, -0.2) is 0 Å². The summed E-state index contributed by atoms with van der Waals surface area (Å²) >= 11 is 0. The molecule has 19 heavy (non-hydrogen) atoms. The molecule has 0 fully saturated rings. The summed E-state index contributed by atoms with van der Waals surface area (Å²) in [5.41, 5.74) is 0.390. The van der Waals surface area contributed by atoms with Gasteiger partial charge in [0.05, 0.1) is 16.9 Å². The van der Waals surface area contributed by atoms with Crippen LogP contribution in [0, 0.1) is 0 Å². The first-order valence-corrected chi connectivity index (χ1v) is 5.79. The molecule has 2 rings (SSSR count). The summed E-state index contributed by atoms with van der Waals surface area (Å²) in [4.78, 5) is 23.6. The summed E-state index contributed by atoms with van der Waals surface area (Å²) in [6, 6.07) is 12.9. The topological polar surface area (TPSA) is 66.4 Å². The lowest BCUT2D eigenvalue weighted by molar-refractivity contribution is 0.101. The van der Waals surface area contributed by atoms with Crippen molar-refractivity contribution in [2.75, 3.05) is 5.32 Å². The normalized spacial score (nSPS) is 9.95. The van der Waals surface area contributed by atoms with Crippen molar-refractivity contribution in [1.82, 2.24) is 0 Å². The third-order valence-electron chi connectivity index (χ3n) is 2.68. The first-order valence-electron chi connectivity index (χ1n) is 5.79. The molecule has 0 aliphatic carbocycles. The van der Waals surface area contributed by atoms with Crippen LogP contribution in [0.5, 0.6) is 5.75 Å². The lowest BCUT2D eigenvalue weighted by atomic mass is 10.2. The van der Waals surface area contributed by atoms with Crippen molar-refractivity contribution in [2.24, 2.45) is 0 Å². The van der Waals surface area contributed by atoms with Gasteiger partial charge >= 0.3 is 0 Å². The molecule has 0 bridgehead atoms. The van der Waals surface area contributed by atoms with Gasteiger partial charge in [0, 0.05) is 0 Å². The van der Waals surface area contributed by atoms with E-state index < -0.39 is 0 Å². The predicted molar refractivity (Wildman–Crippen MR) is 74.1 cm³/mol. The Labute approximate surface area is 110 Å². The van der Waals surface area contributed by atoms with Crippen molar-refractivity contribution in [1.29, 1.82) is 0 Å². The third kappa shape index (κ3) is 2.80. The minimum atomic E-state index is -0.388. The fraction of sp³-hybridized carbons (Fsp3) is 0.0667. The van der Waals surface area contributed by atoms with Gasteiger partial charge in [-0.3, -0.25) is 9.59 Å². The number of phenolic OH excluding ortho intramolecular Hbond substituents is 1. The number of para-hydroxylation sites is 2. The highest BCUT2D eigenvalue weighted by atomic mass is 16.3. The first-order chi connectivity index (χ1) is 9.09. The lowest BCUT2D eigenvalue weighted by Gasteiger charge is -2.06. The smallest absolute Gasteiger partial charge is 0.212 e. The monoisotopic (exact) mass is 255 g/mol. The van der Waals surface area contributed by atoms with Crippen LogP contribution in [0.1, 0.15) is 17.3 Å². The molecule has 2 aromatic rings. The van der Waals surface area contributed by atoms with Crippen LogP contribution >= 0.6 is 0 Å². The van der Waals surface area contributed by atoms with Crippen molar-refractivity contribution in [3.63, 3.8) is 0 Å². The van der Waals surface area contributed by atoms with Gasteiger partial charge in [-0.1, -0.05) is 24.3 Å². The van der Waals surface area contributed by atoms with Gasteiger partial charge in [-0.2, -0.15) is 0 Å². The quantitative estimate of drug-likeness (QED) is 0.653. The number of phenols is 1. The number of rotatable bonds is 3. The van der Waals surface area contributed by atoms with E-state index in [2.05, 4.69) is 5.32 Å². The Hall–Kier alpha value is -2.62.